The zero-order valence-electron chi connectivity index (χ0n) is 11.2. The van der Waals surface area contributed by atoms with Gasteiger partial charge in [-0.25, -0.2) is 4.98 Å². The Morgan fingerprint density at radius 1 is 1.20 bits per heavy atom. The van der Waals surface area contributed by atoms with Crippen LogP contribution in [0.2, 0.25) is 0 Å². The Balaban J connectivity index is 1.85. The van der Waals surface area contributed by atoms with Crippen LogP contribution in [0.1, 0.15) is 25.3 Å². The van der Waals surface area contributed by atoms with Crippen LogP contribution in [-0.4, -0.2) is 20.7 Å². The van der Waals surface area contributed by atoms with Crippen molar-refractivity contribution in [1.82, 2.24) is 9.97 Å². The van der Waals surface area contributed by atoms with Gasteiger partial charge in [-0.15, -0.1) is 17.7 Å². The fourth-order valence-corrected chi connectivity index (χ4v) is 2.62. The minimum atomic E-state index is 0.385. The summed E-state index contributed by atoms with van der Waals surface area (Å²) in [5.41, 5.74) is 3.21. The molecule has 5 heteroatoms. The summed E-state index contributed by atoms with van der Waals surface area (Å²) in [6.45, 7) is 2.15. The second kappa shape index (κ2) is 5.63. The average Bonchev–Trinajstić information content (AvgIpc) is 3.02. The van der Waals surface area contributed by atoms with Crippen molar-refractivity contribution >= 4 is 23.4 Å². The van der Waals surface area contributed by atoms with Crippen molar-refractivity contribution in [3.05, 3.63) is 42.2 Å². The van der Waals surface area contributed by atoms with E-state index in [0.29, 0.717) is 5.92 Å². The lowest BCUT2D eigenvalue weighted by molar-refractivity contribution is 0.690. The summed E-state index contributed by atoms with van der Waals surface area (Å²) in [5, 5.41) is 9.28. The first-order valence-electron chi connectivity index (χ1n) is 6.71. The molecule has 20 heavy (non-hydrogen) atoms. The molecule has 1 aromatic carbocycles. The Morgan fingerprint density at radius 3 is 2.60 bits per heavy atom. The lowest BCUT2D eigenvalue weighted by Crippen LogP contribution is -2.18. The first-order chi connectivity index (χ1) is 9.78. The summed E-state index contributed by atoms with van der Waals surface area (Å²) < 4.78 is 0. The highest BCUT2D eigenvalue weighted by atomic mass is 32.1. The molecule has 2 heterocycles. The summed E-state index contributed by atoms with van der Waals surface area (Å²) >= 11 is 4.38. The van der Waals surface area contributed by atoms with Crippen LogP contribution in [0.15, 0.2) is 46.9 Å². The molecule has 0 saturated carbocycles. The molecule has 0 aliphatic carbocycles. The predicted octanol–water partition coefficient (Wildman–Crippen LogP) is 3.54. The van der Waals surface area contributed by atoms with Crippen LogP contribution in [0.5, 0.6) is 0 Å². The van der Waals surface area contributed by atoms with Crippen molar-refractivity contribution in [3.63, 3.8) is 0 Å². The highest BCUT2D eigenvalue weighted by Gasteiger charge is 2.19. The Morgan fingerprint density at radius 2 is 1.95 bits per heavy atom. The van der Waals surface area contributed by atoms with Crippen molar-refractivity contribution in [3.8, 4) is 11.4 Å². The van der Waals surface area contributed by atoms with Gasteiger partial charge in [-0.3, -0.25) is 0 Å². The van der Waals surface area contributed by atoms with E-state index in [4.69, 9.17) is 0 Å². The number of hydrogen-bond donors (Lipinski definition) is 2. The third kappa shape index (κ3) is 2.54. The van der Waals surface area contributed by atoms with Gasteiger partial charge in [-0.05, 0) is 12.0 Å². The first-order valence-corrected chi connectivity index (χ1v) is 7.16. The van der Waals surface area contributed by atoms with Gasteiger partial charge in [0, 0.05) is 30.3 Å². The molecule has 0 fully saturated rings. The topological polar surface area (TPSA) is 53.4 Å². The van der Waals surface area contributed by atoms with Crippen LogP contribution in [0, 0.1) is 5.92 Å². The van der Waals surface area contributed by atoms with E-state index in [2.05, 4.69) is 64.0 Å². The maximum Gasteiger partial charge on any atom is 0.137 e. The number of aromatic amines is 1. The fraction of sp³-hybridized carbons (Fsp3) is 0.267. The van der Waals surface area contributed by atoms with Gasteiger partial charge in [0.05, 0.1) is 10.8 Å². The van der Waals surface area contributed by atoms with Crippen LogP contribution in [0.25, 0.3) is 11.4 Å². The van der Waals surface area contributed by atoms with Gasteiger partial charge in [0.1, 0.15) is 5.82 Å². The number of rotatable bonds is 3. The molecular weight excluding hydrogens is 268 g/mol. The molecular formula is C15H16N4S. The Kier molecular flexibility index (Phi) is 3.69. The average molecular weight is 284 g/mol. The molecule has 102 valence electrons. The Labute approximate surface area is 123 Å². The molecule has 1 aromatic heterocycles. The summed E-state index contributed by atoms with van der Waals surface area (Å²) in [6.07, 6.45) is 5.51. The van der Waals surface area contributed by atoms with E-state index in [9.17, 15) is 0 Å². The van der Waals surface area contributed by atoms with E-state index in [1.54, 1.807) is 6.20 Å². The summed E-state index contributed by atoms with van der Waals surface area (Å²) in [5.74, 6) is 1.26. The number of thiol groups is 1. The predicted molar refractivity (Wildman–Crippen MR) is 85.4 cm³/mol. The van der Waals surface area contributed by atoms with Gasteiger partial charge in [0.2, 0.25) is 0 Å². The Hall–Kier alpha value is -1.88. The lowest BCUT2D eigenvalue weighted by atomic mass is 9.95. The van der Waals surface area contributed by atoms with E-state index >= 15 is 0 Å². The highest BCUT2D eigenvalue weighted by molar-refractivity contribution is 7.97. The van der Waals surface area contributed by atoms with Gasteiger partial charge in [-0.1, -0.05) is 31.2 Å². The third-order valence-electron chi connectivity index (χ3n) is 3.56. The maximum atomic E-state index is 4.38. The molecule has 0 saturated heterocycles. The number of imidazole rings is 1. The van der Waals surface area contributed by atoms with Gasteiger partial charge in [-0.2, -0.15) is 5.10 Å². The SMILES string of the molecule is CCC1CC(c2ccc(-c3ncc[nH]3)cc2)=NN=C1S. The van der Waals surface area contributed by atoms with Crippen LogP contribution in [0.3, 0.4) is 0 Å². The van der Waals surface area contributed by atoms with E-state index in [-0.39, 0.29) is 0 Å². The molecule has 0 spiro atoms. The molecule has 3 rings (SSSR count). The van der Waals surface area contributed by atoms with Crippen LogP contribution in [-0.2, 0) is 0 Å². The second-order valence-electron chi connectivity index (χ2n) is 4.83. The molecule has 1 aliphatic heterocycles. The lowest BCUT2D eigenvalue weighted by Gasteiger charge is -2.18. The van der Waals surface area contributed by atoms with Crippen molar-refractivity contribution in [2.24, 2.45) is 16.1 Å². The third-order valence-corrected chi connectivity index (χ3v) is 4.02. The van der Waals surface area contributed by atoms with Crippen LogP contribution < -0.4 is 0 Å². The Bertz CT molecular complexity index is 641. The number of aromatic nitrogens is 2. The van der Waals surface area contributed by atoms with E-state index in [1.807, 2.05) is 6.20 Å². The maximum absolute atomic E-state index is 4.38. The fourth-order valence-electron chi connectivity index (χ4n) is 2.30. The summed E-state index contributed by atoms with van der Waals surface area (Å²) in [4.78, 5) is 7.35. The van der Waals surface area contributed by atoms with E-state index in [0.717, 1.165) is 40.5 Å². The molecule has 2 aromatic rings. The minimum Gasteiger partial charge on any atom is -0.345 e. The molecule has 1 N–H and O–H groups in total. The van der Waals surface area contributed by atoms with Crippen molar-refractivity contribution in [2.75, 3.05) is 0 Å². The quantitative estimate of drug-likeness (QED) is 0.832. The smallest absolute Gasteiger partial charge is 0.137 e. The highest BCUT2D eigenvalue weighted by Crippen LogP contribution is 2.23. The van der Waals surface area contributed by atoms with Crippen molar-refractivity contribution in [1.29, 1.82) is 0 Å². The minimum absolute atomic E-state index is 0.385. The number of benzene rings is 1. The molecule has 0 bridgehead atoms. The van der Waals surface area contributed by atoms with Crippen molar-refractivity contribution in [2.45, 2.75) is 19.8 Å². The van der Waals surface area contributed by atoms with Crippen molar-refractivity contribution < 1.29 is 0 Å². The number of hydrogen-bond acceptors (Lipinski definition) is 3. The second-order valence-corrected chi connectivity index (χ2v) is 5.29. The zero-order chi connectivity index (χ0) is 13.9. The molecule has 1 unspecified atom stereocenters. The first kappa shape index (κ1) is 13.1. The van der Waals surface area contributed by atoms with Crippen LogP contribution in [0.4, 0.5) is 0 Å². The number of nitrogens with zero attached hydrogens (tertiary/aromatic N) is 3. The van der Waals surface area contributed by atoms with E-state index in [1.165, 1.54) is 0 Å². The van der Waals surface area contributed by atoms with Gasteiger partial charge >= 0.3 is 0 Å². The number of nitrogens with one attached hydrogen (secondary N) is 1. The van der Waals surface area contributed by atoms with Gasteiger partial charge in [0.25, 0.3) is 0 Å². The summed E-state index contributed by atoms with van der Waals surface area (Å²) in [7, 11) is 0. The largest absolute Gasteiger partial charge is 0.345 e. The van der Waals surface area contributed by atoms with Crippen LogP contribution >= 0.6 is 12.6 Å². The zero-order valence-corrected chi connectivity index (χ0v) is 12.1. The normalized spacial score (nSPS) is 18.6. The molecule has 4 nitrogen and oxygen atoms in total. The monoisotopic (exact) mass is 284 g/mol. The molecule has 0 radical (unpaired) electrons. The van der Waals surface area contributed by atoms with Gasteiger partial charge in [0.15, 0.2) is 0 Å². The standard InChI is InChI=1S/C15H16N4S/c1-2-10-9-13(18-19-15(10)20)11-3-5-12(6-4-11)14-16-7-8-17-14/h3-8,10H,2,9H2,1H3,(H,16,17)(H,19,20). The summed E-state index contributed by atoms with van der Waals surface area (Å²) in [6, 6.07) is 8.25. The molecule has 1 aliphatic rings. The number of H-pyrrole nitrogens is 1. The molecule has 1 atom stereocenters. The van der Waals surface area contributed by atoms with E-state index < -0.39 is 0 Å². The van der Waals surface area contributed by atoms with Gasteiger partial charge < -0.3 is 4.98 Å². The molecule has 0 amide bonds.